The van der Waals surface area contributed by atoms with Crippen molar-refractivity contribution >= 4 is 23.0 Å². The number of halogens is 1. The van der Waals surface area contributed by atoms with Crippen LogP contribution in [0.5, 0.6) is 0 Å². The van der Waals surface area contributed by atoms with Crippen molar-refractivity contribution in [2.45, 2.75) is 18.9 Å². The number of benzene rings is 1. The van der Waals surface area contributed by atoms with Gasteiger partial charge in [-0.1, -0.05) is 17.7 Å². The van der Waals surface area contributed by atoms with E-state index in [1.807, 2.05) is 7.05 Å². The van der Waals surface area contributed by atoms with Crippen molar-refractivity contribution in [1.29, 1.82) is 0 Å². The van der Waals surface area contributed by atoms with E-state index >= 15 is 0 Å². The van der Waals surface area contributed by atoms with E-state index in [-0.39, 0.29) is 16.7 Å². The molecule has 1 saturated heterocycles. The molecule has 1 aliphatic rings. The summed E-state index contributed by atoms with van der Waals surface area (Å²) < 4.78 is 0. The SMILES string of the molecule is CNCC1CCCN1c1c(Cl)cccc1[N+](=O)[O-]. The summed E-state index contributed by atoms with van der Waals surface area (Å²) in [4.78, 5) is 12.8. The molecule has 0 spiro atoms. The number of rotatable bonds is 4. The van der Waals surface area contributed by atoms with Crippen molar-refractivity contribution in [2.75, 3.05) is 25.0 Å². The minimum Gasteiger partial charge on any atom is -0.361 e. The zero-order valence-corrected chi connectivity index (χ0v) is 11.0. The van der Waals surface area contributed by atoms with Crippen molar-refractivity contribution < 1.29 is 4.92 Å². The molecule has 1 aromatic rings. The van der Waals surface area contributed by atoms with Gasteiger partial charge in [0.05, 0.1) is 9.95 Å². The Labute approximate surface area is 111 Å². The monoisotopic (exact) mass is 269 g/mol. The molecule has 0 saturated carbocycles. The fourth-order valence-corrected chi connectivity index (χ4v) is 2.79. The van der Waals surface area contributed by atoms with Crippen LogP contribution >= 0.6 is 11.6 Å². The van der Waals surface area contributed by atoms with Gasteiger partial charge in [0.15, 0.2) is 0 Å². The zero-order valence-electron chi connectivity index (χ0n) is 10.2. The summed E-state index contributed by atoms with van der Waals surface area (Å²) in [6, 6.07) is 5.11. The van der Waals surface area contributed by atoms with Crippen LogP contribution in [0.4, 0.5) is 11.4 Å². The van der Waals surface area contributed by atoms with Crippen molar-refractivity contribution in [3.05, 3.63) is 33.3 Å². The lowest BCUT2D eigenvalue weighted by atomic mass is 10.2. The first kappa shape index (κ1) is 13.1. The number of hydrogen-bond donors (Lipinski definition) is 1. The van der Waals surface area contributed by atoms with Gasteiger partial charge in [0, 0.05) is 25.2 Å². The van der Waals surface area contributed by atoms with E-state index < -0.39 is 0 Å². The molecule has 0 amide bonds. The minimum atomic E-state index is -0.365. The van der Waals surface area contributed by atoms with E-state index in [4.69, 9.17) is 11.6 Å². The standard InChI is InChI=1S/C12H16ClN3O2/c1-14-8-9-4-3-7-15(9)12-10(13)5-2-6-11(12)16(17)18/h2,5-6,9,14H,3-4,7-8H2,1H3. The summed E-state index contributed by atoms with van der Waals surface area (Å²) in [5.41, 5.74) is 0.646. The molecular weight excluding hydrogens is 254 g/mol. The highest BCUT2D eigenvalue weighted by Gasteiger charge is 2.30. The van der Waals surface area contributed by atoms with Gasteiger partial charge in [-0.2, -0.15) is 0 Å². The number of anilines is 1. The van der Waals surface area contributed by atoms with Gasteiger partial charge in [-0.15, -0.1) is 0 Å². The number of hydrogen-bond acceptors (Lipinski definition) is 4. The van der Waals surface area contributed by atoms with Gasteiger partial charge in [-0.3, -0.25) is 10.1 Å². The quantitative estimate of drug-likeness (QED) is 0.674. The second-order valence-electron chi connectivity index (χ2n) is 4.41. The summed E-state index contributed by atoms with van der Waals surface area (Å²) in [5.74, 6) is 0. The summed E-state index contributed by atoms with van der Waals surface area (Å²) in [6.07, 6.45) is 2.07. The van der Waals surface area contributed by atoms with Crippen molar-refractivity contribution in [1.82, 2.24) is 5.32 Å². The van der Waals surface area contributed by atoms with Gasteiger partial charge in [-0.25, -0.2) is 0 Å². The lowest BCUT2D eigenvalue weighted by Gasteiger charge is -2.27. The van der Waals surface area contributed by atoms with Crippen molar-refractivity contribution in [3.8, 4) is 0 Å². The molecule has 0 aromatic heterocycles. The zero-order chi connectivity index (χ0) is 13.1. The third-order valence-electron chi connectivity index (χ3n) is 3.27. The number of nitro groups is 1. The third-order valence-corrected chi connectivity index (χ3v) is 3.57. The molecule has 1 heterocycles. The second kappa shape index (κ2) is 5.54. The largest absolute Gasteiger partial charge is 0.361 e. The minimum absolute atomic E-state index is 0.0884. The van der Waals surface area contributed by atoms with E-state index in [0.29, 0.717) is 10.7 Å². The summed E-state index contributed by atoms with van der Waals surface area (Å²) >= 11 is 6.15. The topological polar surface area (TPSA) is 58.4 Å². The molecule has 1 fully saturated rings. The Morgan fingerprint density at radius 2 is 2.39 bits per heavy atom. The highest BCUT2D eigenvalue weighted by atomic mass is 35.5. The van der Waals surface area contributed by atoms with Crippen molar-refractivity contribution in [3.63, 3.8) is 0 Å². The van der Waals surface area contributed by atoms with Crippen LogP contribution in [0, 0.1) is 10.1 Å². The van der Waals surface area contributed by atoms with Crippen molar-refractivity contribution in [2.24, 2.45) is 0 Å². The third kappa shape index (κ3) is 2.42. The van der Waals surface area contributed by atoms with Gasteiger partial charge >= 0.3 is 0 Å². The van der Waals surface area contributed by atoms with Crippen LogP contribution in [-0.4, -0.2) is 31.1 Å². The first-order chi connectivity index (χ1) is 8.65. The fourth-order valence-electron chi connectivity index (χ4n) is 2.51. The van der Waals surface area contributed by atoms with Gasteiger partial charge in [-0.05, 0) is 26.0 Å². The smallest absolute Gasteiger partial charge is 0.294 e. The van der Waals surface area contributed by atoms with E-state index in [0.717, 1.165) is 25.9 Å². The molecule has 1 aliphatic heterocycles. The predicted molar refractivity (Wildman–Crippen MR) is 72.4 cm³/mol. The number of likely N-dealkylation sites (N-methyl/N-ethyl adjacent to an activating group) is 1. The Kier molecular flexibility index (Phi) is 4.04. The van der Waals surface area contributed by atoms with E-state index in [9.17, 15) is 10.1 Å². The molecule has 1 atom stereocenters. The lowest BCUT2D eigenvalue weighted by Crippen LogP contribution is -2.37. The van der Waals surface area contributed by atoms with E-state index in [2.05, 4.69) is 10.2 Å². The molecule has 6 heteroatoms. The second-order valence-corrected chi connectivity index (χ2v) is 4.82. The van der Waals surface area contributed by atoms with E-state index in [1.54, 1.807) is 12.1 Å². The molecule has 0 aliphatic carbocycles. The molecule has 0 bridgehead atoms. The maximum atomic E-state index is 11.1. The number of nitrogens with zero attached hydrogens (tertiary/aromatic N) is 2. The predicted octanol–water partition coefficient (Wildman–Crippen LogP) is 2.44. The van der Waals surface area contributed by atoms with E-state index in [1.165, 1.54) is 6.07 Å². The molecule has 5 nitrogen and oxygen atoms in total. The van der Waals surface area contributed by atoms with Gasteiger partial charge in [0.2, 0.25) is 0 Å². The molecule has 1 unspecified atom stereocenters. The van der Waals surface area contributed by atoms with Crippen LogP contribution in [0.25, 0.3) is 0 Å². The first-order valence-electron chi connectivity index (χ1n) is 5.99. The van der Waals surface area contributed by atoms with Gasteiger partial charge in [0.25, 0.3) is 5.69 Å². The molecule has 98 valence electrons. The molecular formula is C12H16ClN3O2. The lowest BCUT2D eigenvalue weighted by molar-refractivity contribution is -0.384. The Hall–Kier alpha value is -1.33. The normalized spacial score (nSPS) is 19.2. The van der Waals surface area contributed by atoms with Crippen LogP contribution in [0.2, 0.25) is 5.02 Å². The molecule has 1 N–H and O–H groups in total. The van der Waals surface area contributed by atoms with Crippen LogP contribution in [0.1, 0.15) is 12.8 Å². The molecule has 1 aromatic carbocycles. The Morgan fingerprint density at radius 3 is 3.06 bits per heavy atom. The summed E-state index contributed by atoms with van der Waals surface area (Å²) in [6.45, 7) is 1.62. The highest BCUT2D eigenvalue weighted by molar-refractivity contribution is 6.33. The summed E-state index contributed by atoms with van der Waals surface area (Å²) in [7, 11) is 1.89. The first-order valence-corrected chi connectivity index (χ1v) is 6.37. The van der Waals surface area contributed by atoms with Crippen LogP contribution < -0.4 is 10.2 Å². The van der Waals surface area contributed by atoms with Gasteiger partial charge in [0.1, 0.15) is 5.69 Å². The average Bonchev–Trinajstić information content (AvgIpc) is 2.77. The fraction of sp³-hybridized carbons (Fsp3) is 0.500. The Balaban J connectivity index is 2.40. The summed E-state index contributed by atoms with van der Waals surface area (Å²) in [5, 5.41) is 14.7. The van der Waals surface area contributed by atoms with Crippen LogP contribution in [0.3, 0.4) is 0 Å². The Bertz CT molecular complexity index is 453. The molecule has 2 rings (SSSR count). The number of nitro benzene ring substituents is 1. The number of nitrogens with one attached hydrogen (secondary N) is 1. The maximum absolute atomic E-state index is 11.1. The molecule has 18 heavy (non-hydrogen) atoms. The Morgan fingerprint density at radius 1 is 1.61 bits per heavy atom. The van der Waals surface area contributed by atoms with Crippen LogP contribution in [0.15, 0.2) is 18.2 Å². The van der Waals surface area contributed by atoms with Crippen LogP contribution in [-0.2, 0) is 0 Å². The van der Waals surface area contributed by atoms with Gasteiger partial charge < -0.3 is 10.2 Å². The highest BCUT2D eigenvalue weighted by Crippen LogP contribution is 2.38. The molecule has 0 radical (unpaired) electrons. The average molecular weight is 270 g/mol. The number of para-hydroxylation sites is 1. The maximum Gasteiger partial charge on any atom is 0.294 e.